The Morgan fingerprint density at radius 2 is 1.75 bits per heavy atom. The molecule has 0 aliphatic carbocycles. The van der Waals surface area contributed by atoms with Gasteiger partial charge in [-0.2, -0.15) is 0 Å². The molecule has 13 nitrogen and oxygen atoms in total. The highest BCUT2D eigenvalue weighted by molar-refractivity contribution is 5.84. The van der Waals surface area contributed by atoms with E-state index < -0.39 is 40.0 Å². The zero-order chi connectivity index (χ0) is 19.4. The number of nitrogens with one attached hydrogen (secondary N) is 2. The van der Waals surface area contributed by atoms with Crippen molar-refractivity contribution < 1.29 is 30.1 Å². The molecule has 1 heterocycles. The number of aromatic nitrogens is 2. The van der Waals surface area contributed by atoms with Gasteiger partial charge in [-0.25, -0.2) is 9.59 Å². The number of hydrogen-bond acceptors (Lipinski definition) is 7. The maximum atomic E-state index is 10.5. The molecule has 24 heavy (non-hydrogen) atoms. The molecule has 0 aromatic carbocycles. The molecule has 1 aromatic heterocycles. The Labute approximate surface area is 133 Å². The third-order valence-corrected chi connectivity index (χ3v) is 2.03. The van der Waals surface area contributed by atoms with Gasteiger partial charge in [-0.05, 0) is 12.3 Å². The molecule has 0 bridgehead atoms. The lowest BCUT2D eigenvalue weighted by atomic mass is 10.1. The van der Waals surface area contributed by atoms with Crippen LogP contribution < -0.4 is 17.0 Å². The first-order valence-corrected chi connectivity index (χ1v) is 6.25. The number of carbonyl (C=O) groups is 2. The molecule has 1 atom stereocenters. The van der Waals surface area contributed by atoms with Crippen LogP contribution in [0.2, 0.25) is 0 Å². The van der Waals surface area contributed by atoms with Crippen LogP contribution in [0.4, 0.5) is 0 Å². The molecule has 0 aliphatic heterocycles. The van der Waals surface area contributed by atoms with E-state index in [9.17, 15) is 19.2 Å². The lowest BCUT2D eigenvalue weighted by Gasteiger charge is -2.07. The van der Waals surface area contributed by atoms with Crippen LogP contribution in [0.5, 0.6) is 0 Å². The molecule has 0 aliphatic rings. The fraction of sp³-hybridized carbons (Fsp3) is 0.455. The van der Waals surface area contributed by atoms with E-state index in [2.05, 4.69) is 0 Å². The van der Waals surface area contributed by atoms with Crippen molar-refractivity contribution in [1.82, 2.24) is 9.97 Å². The first-order valence-electron chi connectivity index (χ1n) is 6.25. The lowest BCUT2D eigenvalue weighted by molar-refractivity contribution is -0.742. The molecule has 136 valence electrons. The maximum absolute atomic E-state index is 10.5. The van der Waals surface area contributed by atoms with Crippen molar-refractivity contribution >= 4 is 11.9 Å². The Morgan fingerprint density at radius 3 is 2.00 bits per heavy atom. The molecule has 0 saturated heterocycles. The lowest BCUT2D eigenvalue weighted by Crippen LogP contribution is -2.31. The average Bonchev–Trinajstić information content (AvgIpc) is 2.36. The number of aromatic carboxylic acids is 1. The van der Waals surface area contributed by atoms with Crippen molar-refractivity contribution in [2.75, 3.05) is 0 Å². The summed E-state index contributed by atoms with van der Waals surface area (Å²) in [5.41, 5.74) is 3.25. The Hall–Kier alpha value is -3.22. The summed E-state index contributed by atoms with van der Waals surface area (Å²) >= 11 is 0. The van der Waals surface area contributed by atoms with Gasteiger partial charge in [-0.1, -0.05) is 13.8 Å². The summed E-state index contributed by atoms with van der Waals surface area (Å²) in [5.74, 6) is -1.90. The van der Waals surface area contributed by atoms with Crippen LogP contribution in [0.15, 0.2) is 15.7 Å². The van der Waals surface area contributed by atoms with Gasteiger partial charge in [0.15, 0.2) is 0 Å². The van der Waals surface area contributed by atoms with E-state index in [4.69, 9.17) is 31.3 Å². The van der Waals surface area contributed by atoms with Crippen molar-refractivity contribution in [3.63, 3.8) is 0 Å². The minimum atomic E-state index is -1.50. The van der Waals surface area contributed by atoms with Gasteiger partial charge in [-0.15, -0.1) is 10.1 Å². The van der Waals surface area contributed by atoms with Gasteiger partial charge >= 0.3 is 17.6 Å². The van der Waals surface area contributed by atoms with Crippen molar-refractivity contribution in [3.05, 3.63) is 42.7 Å². The fourth-order valence-corrected chi connectivity index (χ4v) is 1.19. The van der Waals surface area contributed by atoms with Crippen LogP contribution in [0.1, 0.15) is 30.8 Å². The standard InChI is InChI=1S/C6H13NO2.C5H4N2O4.HNO3/c1-4(2)3-5(7)6(8)9;8-3-1-2(4(9)10)6-5(11)7-3;2-1(3)4/h4-5H,3,7H2,1-2H3,(H,8,9);1H,(H,9,10)(H2,6,7,8,11);(H,2,3,4)/t5-;;/m0../s1. The van der Waals surface area contributed by atoms with E-state index in [1.807, 2.05) is 23.8 Å². The van der Waals surface area contributed by atoms with Crippen LogP contribution in [0.25, 0.3) is 0 Å². The maximum Gasteiger partial charge on any atom is 0.352 e. The van der Waals surface area contributed by atoms with Gasteiger partial charge in [0.1, 0.15) is 11.7 Å². The van der Waals surface area contributed by atoms with Gasteiger partial charge in [0.25, 0.3) is 10.6 Å². The van der Waals surface area contributed by atoms with E-state index in [0.717, 1.165) is 6.07 Å². The largest absolute Gasteiger partial charge is 0.480 e. The minimum absolute atomic E-state index is 0.357. The normalized spacial score (nSPS) is 10.5. The van der Waals surface area contributed by atoms with E-state index >= 15 is 0 Å². The molecule has 0 radical (unpaired) electrons. The van der Waals surface area contributed by atoms with Crippen molar-refractivity contribution in [2.24, 2.45) is 11.7 Å². The summed E-state index contributed by atoms with van der Waals surface area (Å²) in [4.78, 5) is 53.3. The van der Waals surface area contributed by atoms with Gasteiger partial charge < -0.3 is 26.1 Å². The quantitative estimate of drug-likeness (QED) is 0.282. The second-order valence-corrected chi connectivity index (χ2v) is 4.62. The number of nitrogens with two attached hydrogens (primary N) is 1. The Kier molecular flexibility index (Phi) is 10.9. The van der Waals surface area contributed by atoms with E-state index in [1.165, 1.54) is 0 Å². The molecular formula is C11H18N4O9. The van der Waals surface area contributed by atoms with Gasteiger partial charge in [0, 0.05) is 6.07 Å². The summed E-state index contributed by atoms with van der Waals surface area (Å²) in [6.45, 7) is 3.89. The van der Waals surface area contributed by atoms with Crippen LogP contribution in [-0.2, 0) is 4.79 Å². The van der Waals surface area contributed by atoms with E-state index in [1.54, 1.807) is 0 Å². The number of nitrogens with zero attached hydrogens (tertiary/aromatic N) is 1. The van der Waals surface area contributed by atoms with Crippen molar-refractivity contribution in [1.29, 1.82) is 0 Å². The van der Waals surface area contributed by atoms with Crippen molar-refractivity contribution in [2.45, 2.75) is 26.3 Å². The Balaban J connectivity index is 0. The number of hydrogen-bond donors (Lipinski definition) is 6. The molecular weight excluding hydrogens is 332 g/mol. The zero-order valence-electron chi connectivity index (χ0n) is 12.8. The number of carboxylic acids is 2. The average molecular weight is 350 g/mol. The van der Waals surface area contributed by atoms with Crippen LogP contribution >= 0.6 is 0 Å². The predicted molar refractivity (Wildman–Crippen MR) is 78.5 cm³/mol. The number of aromatic amines is 2. The van der Waals surface area contributed by atoms with Crippen LogP contribution in [-0.4, -0.2) is 48.5 Å². The van der Waals surface area contributed by atoms with E-state index in [0.29, 0.717) is 12.3 Å². The molecule has 13 heteroatoms. The topological polar surface area (TPSA) is 230 Å². The first-order chi connectivity index (χ1) is 10.9. The molecule has 7 N–H and O–H groups in total. The first kappa shape index (κ1) is 23.1. The summed E-state index contributed by atoms with van der Waals surface area (Å²) < 4.78 is 0. The van der Waals surface area contributed by atoms with Crippen molar-refractivity contribution in [3.8, 4) is 0 Å². The predicted octanol–water partition coefficient (Wildman–Crippen LogP) is -1.14. The Morgan fingerprint density at radius 1 is 1.29 bits per heavy atom. The molecule has 0 spiro atoms. The fourth-order valence-electron chi connectivity index (χ4n) is 1.19. The smallest absolute Gasteiger partial charge is 0.352 e. The molecule has 0 fully saturated rings. The molecule has 0 saturated carbocycles. The summed E-state index contributed by atoms with van der Waals surface area (Å²) in [5, 5.41) is 30.3. The number of H-pyrrole nitrogens is 2. The van der Waals surface area contributed by atoms with Crippen LogP contribution in [0, 0.1) is 16.0 Å². The number of rotatable bonds is 4. The number of aliphatic carboxylic acids is 1. The number of carboxylic acid groups (broad SMARTS) is 2. The highest BCUT2D eigenvalue weighted by atomic mass is 16.9. The summed E-state index contributed by atoms with van der Waals surface area (Å²) in [7, 11) is 0. The highest BCUT2D eigenvalue weighted by Crippen LogP contribution is 2.01. The van der Waals surface area contributed by atoms with E-state index in [-0.39, 0.29) is 0 Å². The minimum Gasteiger partial charge on any atom is -0.480 e. The Bertz CT molecular complexity index is 632. The van der Waals surface area contributed by atoms with Gasteiger partial charge in [0.2, 0.25) is 0 Å². The van der Waals surface area contributed by atoms with Gasteiger partial charge in [-0.3, -0.25) is 14.6 Å². The molecule has 0 amide bonds. The third-order valence-electron chi connectivity index (χ3n) is 2.03. The summed E-state index contributed by atoms with van der Waals surface area (Å²) in [6.07, 6.45) is 0.551. The zero-order valence-corrected chi connectivity index (χ0v) is 12.8. The molecule has 1 aromatic rings. The molecule has 0 unspecified atom stereocenters. The SMILES string of the molecule is CC(C)C[C@H](N)C(=O)O.O=C(O)c1cc(=O)[nH]c(=O)[nH]1.O=[N+]([O-])O. The second-order valence-electron chi connectivity index (χ2n) is 4.62. The third kappa shape index (κ3) is 13.7. The monoisotopic (exact) mass is 350 g/mol. The van der Waals surface area contributed by atoms with Crippen LogP contribution in [0.3, 0.4) is 0 Å². The molecule has 1 rings (SSSR count). The highest BCUT2D eigenvalue weighted by Gasteiger charge is 2.11. The second kappa shape index (κ2) is 11.4. The summed E-state index contributed by atoms with van der Waals surface area (Å²) in [6, 6.07) is 0.106. The van der Waals surface area contributed by atoms with Gasteiger partial charge in [0.05, 0.1) is 0 Å².